The highest BCUT2D eigenvalue weighted by Crippen LogP contribution is 2.48. The molecule has 3 nitrogen and oxygen atoms in total. The van der Waals surface area contributed by atoms with Crippen molar-refractivity contribution in [2.24, 2.45) is 5.92 Å². The summed E-state index contributed by atoms with van der Waals surface area (Å²) in [6.45, 7) is 2.24. The third-order valence-electron chi connectivity index (χ3n) is 5.72. The van der Waals surface area contributed by atoms with Crippen molar-refractivity contribution in [1.29, 1.82) is 0 Å². The summed E-state index contributed by atoms with van der Waals surface area (Å²) >= 11 is 0. The van der Waals surface area contributed by atoms with Gasteiger partial charge in [0.1, 0.15) is 0 Å². The van der Waals surface area contributed by atoms with Gasteiger partial charge >= 0.3 is 0 Å². The lowest BCUT2D eigenvalue weighted by molar-refractivity contribution is -0.150. The zero-order valence-corrected chi connectivity index (χ0v) is 12.5. The Morgan fingerprint density at radius 3 is 2.90 bits per heavy atom. The molecule has 114 valence electrons. The highest BCUT2D eigenvalue weighted by atomic mass is 16.6. The largest absolute Gasteiger partial charge is 0.385 e. The Bertz CT molecular complexity index is 521. The molecule has 1 aromatic carbocycles. The molecule has 0 amide bonds. The van der Waals surface area contributed by atoms with Crippen molar-refractivity contribution in [3.63, 3.8) is 0 Å². The Kier molecular flexibility index (Phi) is 3.32. The second-order valence-corrected chi connectivity index (χ2v) is 6.96. The van der Waals surface area contributed by atoms with Crippen LogP contribution in [0.4, 0.5) is 0 Å². The molecule has 1 N–H and O–H groups in total. The molecular formula is C18H24O3. The SMILES string of the molecule is OC1(C2CCOC3(CCOC3)C2)CCCc2ccccc21. The number of benzene rings is 1. The monoisotopic (exact) mass is 288 g/mol. The Labute approximate surface area is 126 Å². The maximum absolute atomic E-state index is 11.5. The summed E-state index contributed by atoms with van der Waals surface area (Å²) in [5.41, 5.74) is 1.69. The van der Waals surface area contributed by atoms with E-state index in [-0.39, 0.29) is 11.5 Å². The molecule has 2 saturated heterocycles. The van der Waals surface area contributed by atoms with Gasteiger partial charge in [0.2, 0.25) is 0 Å². The third-order valence-corrected chi connectivity index (χ3v) is 5.72. The van der Waals surface area contributed by atoms with E-state index in [0.717, 1.165) is 57.3 Å². The van der Waals surface area contributed by atoms with Crippen molar-refractivity contribution < 1.29 is 14.6 Å². The summed E-state index contributed by atoms with van der Waals surface area (Å²) in [6, 6.07) is 8.44. The molecule has 21 heavy (non-hydrogen) atoms. The molecule has 3 unspecified atom stereocenters. The molecule has 1 spiro atoms. The zero-order valence-electron chi connectivity index (χ0n) is 12.5. The van der Waals surface area contributed by atoms with E-state index in [9.17, 15) is 5.11 Å². The zero-order chi connectivity index (χ0) is 14.3. The smallest absolute Gasteiger partial charge is 0.0940 e. The van der Waals surface area contributed by atoms with Gasteiger partial charge in [0.25, 0.3) is 0 Å². The van der Waals surface area contributed by atoms with E-state index in [4.69, 9.17) is 9.47 Å². The van der Waals surface area contributed by atoms with E-state index in [2.05, 4.69) is 24.3 Å². The second kappa shape index (κ2) is 5.08. The number of aryl methyl sites for hydroxylation is 1. The first-order valence-corrected chi connectivity index (χ1v) is 8.24. The van der Waals surface area contributed by atoms with Gasteiger partial charge in [-0.3, -0.25) is 0 Å². The van der Waals surface area contributed by atoms with Crippen molar-refractivity contribution in [1.82, 2.24) is 0 Å². The Morgan fingerprint density at radius 2 is 2.05 bits per heavy atom. The maximum Gasteiger partial charge on any atom is 0.0940 e. The molecule has 1 aliphatic carbocycles. The second-order valence-electron chi connectivity index (χ2n) is 6.96. The fourth-order valence-electron chi connectivity index (χ4n) is 4.57. The standard InChI is InChI=1S/C18H24O3/c19-18(8-3-5-14-4-1-2-6-16(14)18)15-7-10-21-17(12-15)9-11-20-13-17/h1-2,4,6,15,19H,3,5,7-13H2. The Morgan fingerprint density at radius 1 is 1.14 bits per heavy atom. The van der Waals surface area contributed by atoms with E-state index in [1.54, 1.807) is 0 Å². The predicted molar refractivity (Wildman–Crippen MR) is 80.1 cm³/mol. The molecule has 3 heteroatoms. The van der Waals surface area contributed by atoms with Crippen molar-refractivity contribution in [3.05, 3.63) is 35.4 Å². The molecular weight excluding hydrogens is 264 g/mol. The number of rotatable bonds is 1. The number of fused-ring (bicyclic) bond motifs is 1. The Hall–Kier alpha value is -0.900. The van der Waals surface area contributed by atoms with E-state index in [0.29, 0.717) is 6.61 Å². The summed E-state index contributed by atoms with van der Waals surface area (Å²) < 4.78 is 11.6. The van der Waals surface area contributed by atoms with Crippen molar-refractivity contribution >= 4 is 0 Å². The number of hydrogen-bond acceptors (Lipinski definition) is 3. The van der Waals surface area contributed by atoms with Crippen molar-refractivity contribution in [2.75, 3.05) is 19.8 Å². The molecule has 0 saturated carbocycles. The first kappa shape index (κ1) is 13.7. The average molecular weight is 288 g/mol. The first-order chi connectivity index (χ1) is 10.2. The van der Waals surface area contributed by atoms with Crippen LogP contribution < -0.4 is 0 Å². The minimum Gasteiger partial charge on any atom is -0.385 e. The highest BCUT2D eigenvalue weighted by molar-refractivity contribution is 5.35. The van der Waals surface area contributed by atoms with Gasteiger partial charge in [-0.15, -0.1) is 0 Å². The molecule has 3 atom stereocenters. The van der Waals surface area contributed by atoms with Crippen LogP contribution in [0.5, 0.6) is 0 Å². The van der Waals surface area contributed by atoms with Crippen LogP contribution >= 0.6 is 0 Å². The molecule has 0 radical (unpaired) electrons. The van der Waals surface area contributed by atoms with E-state index >= 15 is 0 Å². The summed E-state index contributed by atoms with van der Waals surface area (Å²) in [6.07, 6.45) is 5.90. The van der Waals surface area contributed by atoms with Crippen LogP contribution in [-0.4, -0.2) is 30.5 Å². The summed E-state index contributed by atoms with van der Waals surface area (Å²) in [5.74, 6) is 0.286. The minimum atomic E-state index is -0.672. The van der Waals surface area contributed by atoms with Crippen LogP contribution in [0.25, 0.3) is 0 Å². The van der Waals surface area contributed by atoms with Gasteiger partial charge in [0, 0.05) is 19.6 Å². The number of aliphatic hydroxyl groups is 1. The lowest BCUT2D eigenvalue weighted by Gasteiger charge is -2.47. The number of ether oxygens (including phenoxy) is 2. The lowest BCUT2D eigenvalue weighted by atomic mass is 9.67. The minimum absolute atomic E-state index is 0.134. The molecule has 3 aliphatic rings. The van der Waals surface area contributed by atoms with Gasteiger partial charge in [-0.05, 0) is 49.1 Å². The van der Waals surface area contributed by atoms with Crippen LogP contribution in [0.15, 0.2) is 24.3 Å². The van der Waals surface area contributed by atoms with Gasteiger partial charge < -0.3 is 14.6 Å². The lowest BCUT2D eigenvalue weighted by Crippen LogP contribution is -2.48. The molecule has 0 bridgehead atoms. The topological polar surface area (TPSA) is 38.7 Å². The molecule has 2 fully saturated rings. The molecule has 2 heterocycles. The fourth-order valence-corrected chi connectivity index (χ4v) is 4.57. The van der Waals surface area contributed by atoms with Crippen LogP contribution in [0.1, 0.15) is 43.2 Å². The van der Waals surface area contributed by atoms with E-state index in [1.165, 1.54) is 5.56 Å². The van der Waals surface area contributed by atoms with Gasteiger partial charge in [-0.25, -0.2) is 0 Å². The summed E-state index contributed by atoms with van der Waals surface area (Å²) in [4.78, 5) is 0. The normalized spacial score (nSPS) is 39.4. The highest BCUT2D eigenvalue weighted by Gasteiger charge is 2.49. The van der Waals surface area contributed by atoms with Gasteiger partial charge in [0.05, 0.1) is 17.8 Å². The van der Waals surface area contributed by atoms with Crippen molar-refractivity contribution in [2.45, 2.75) is 49.7 Å². The van der Waals surface area contributed by atoms with Gasteiger partial charge in [0.15, 0.2) is 0 Å². The summed E-state index contributed by atoms with van der Waals surface area (Å²) in [5, 5.41) is 11.5. The molecule has 4 rings (SSSR count). The van der Waals surface area contributed by atoms with Crippen molar-refractivity contribution in [3.8, 4) is 0 Å². The quantitative estimate of drug-likeness (QED) is 0.863. The first-order valence-electron chi connectivity index (χ1n) is 8.24. The predicted octanol–water partition coefficient (Wildman–Crippen LogP) is 2.80. The summed E-state index contributed by atoms with van der Waals surface area (Å²) in [7, 11) is 0. The van der Waals surface area contributed by atoms with Crippen LogP contribution in [0.2, 0.25) is 0 Å². The molecule has 2 aliphatic heterocycles. The number of hydrogen-bond donors (Lipinski definition) is 1. The van der Waals surface area contributed by atoms with Crippen LogP contribution in [-0.2, 0) is 21.5 Å². The Balaban J connectivity index is 1.66. The van der Waals surface area contributed by atoms with Crippen LogP contribution in [0, 0.1) is 5.92 Å². The van der Waals surface area contributed by atoms with Crippen LogP contribution in [0.3, 0.4) is 0 Å². The molecule has 0 aromatic heterocycles. The fraction of sp³-hybridized carbons (Fsp3) is 0.667. The van der Waals surface area contributed by atoms with Gasteiger partial charge in [-0.1, -0.05) is 24.3 Å². The maximum atomic E-state index is 11.5. The van der Waals surface area contributed by atoms with E-state index in [1.807, 2.05) is 0 Å². The van der Waals surface area contributed by atoms with E-state index < -0.39 is 5.60 Å². The molecule has 1 aromatic rings. The average Bonchev–Trinajstić information content (AvgIpc) is 2.96. The third kappa shape index (κ3) is 2.23. The van der Waals surface area contributed by atoms with Gasteiger partial charge in [-0.2, -0.15) is 0 Å².